The van der Waals surface area contributed by atoms with Gasteiger partial charge in [0.1, 0.15) is 11.6 Å². The summed E-state index contributed by atoms with van der Waals surface area (Å²) in [4.78, 5) is 27.2. The third-order valence-electron chi connectivity index (χ3n) is 3.92. The molecular weight excluding hydrogens is 278 g/mol. The fourth-order valence-corrected chi connectivity index (χ4v) is 2.69. The van der Waals surface area contributed by atoms with E-state index in [2.05, 4.69) is 25.2 Å². The van der Waals surface area contributed by atoms with E-state index in [0.717, 1.165) is 30.8 Å². The third-order valence-corrected chi connectivity index (χ3v) is 3.92. The molecule has 2 aromatic rings. The molecule has 22 heavy (non-hydrogen) atoms. The number of nitrogens with zero attached hydrogens (tertiary/aromatic N) is 4. The normalized spacial score (nSPS) is 18.0. The average molecular weight is 297 g/mol. The molecule has 0 radical (unpaired) electrons. The first-order valence-electron chi connectivity index (χ1n) is 7.47. The predicted molar refractivity (Wildman–Crippen MR) is 84.6 cm³/mol. The molecule has 6 nitrogen and oxygen atoms in total. The van der Waals surface area contributed by atoms with Crippen molar-refractivity contribution in [2.75, 3.05) is 23.3 Å². The molecule has 1 atom stereocenters. The van der Waals surface area contributed by atoms with Gasteiger partial charge in [-0.05, 0) is 31.4 Å². The lowest BCUT2D eigenvalue weighted by molar-refractivity contribution is -0.120. The van der Waals surface area contributed by atoms with Gasteiger partial charge in [0, 0.05) is 31.7 Å². The second kappa shape index (κ2) is 6.51. The second-order valence-electron chi connectivity index (χ2n) is 5.51. The van der Waals surface area contributed by atoms with E-state index in [1.807, 2.05) is 19.1 Å². The number of pyridine rings is 1. The molecule has 2 aromatic heterocycles. The van der Waals surface area contributed by atoms with E-state index in [4.69, 9.17) is 0 Å². The number of hydrogen-bond donors (Lipinski definition) is 1. The van der Waals surface area contributed by atoms with Crippen LogP contribution >= 0.6 is 0 Å². The van der Waals surface area contributed by atoms with Gasteiger partial charge >= 0.3 is 0 Å². The van der Waals surface area contributed by atoms with Crippen LogP contribution in [-0.4, -0.2) is 33.9 Å². The van der Waals surface area contributed by atoms with E-state index in [1.54, 1.807) is 24.8 Å². The van der Waals surface area contributed by atoms with Crippen molar-refractivity contribution in [3.8, 4) is 0 Å². The summed E-state index contributed by atoms with van der Waals surface area (Å²) in [5, 5.41) is 2.94. The first kappa shape index (κ1) is 14.4. The van der Waals surface area contributed by atoms with Crippen LogP contribution in [-0.2, 0) is 4.79 Å². The zero-order valence-corrected chi connectivity index (χ0v) is 12.6. The van der Waals surface area contributed by atoms with Crippen LogP contribution in [0, 0.1) is 12.8 Å². The zero-order chi connectivity index (χ0) is 15.4. The van der Waals surface area contributed by atoms with Gasteiger partial charge in [-0.3, -0.25) is 9.78 Å². The molecule has 0 spiro atoms. The SMILES string of the molecule is Cc1cccnc1NC(=O)[C@H]1CCCN(c2cnccn2)C1. The number of amides is 1. The Morgan fingerprint density at radius 2 is 2.23 bits per heavy atom. The smallest absolute Gasteiger partial charge is 0.230 e. The highest BCUT2D eigenvalue weighted by atomic mass is 16.2. The molecule has 1 N–H and O–H groups in total. The van der Waals surface area contributed by atoms with Gasteiger partial charge in [-0.1, -0.05) is 6.07 Å². The summed E-state index contributed by atoms with van der Waals surface area (Å²) < 4.78 is 0. The molecule has 1 fully saturated rings. The van der Waals surface area contributed by atoms with E-state index in [0.29, 0.717) is 12.4 Å². The van der Waals surface area contributed by atoms with Crippen LogP contribution in [0.1, 0.15) is 18.4 Å². The highest BCUT2D eigenvalue weighted by Crippen LogP contribution is 2.22. The quantitative estimate of drug-likeness (QED) is 0.938. The molecule has 0 unspecified atom stereocenters. The van der Waals surface area contributed by atoms with Crippen LogP contribution in [0.3, 0.4) is 0 Å². The van der Waals surface area contributed by atoms with E-state index < -0.39 is 0 Å². The van der Waals surface area contributed by atoms with Gasteiger partial charge in [0.05, 0.1) is 12.1 Å². The average Bonchev–Trinajstić information content (AvgIpc) is 2.58. The number of anilines is 2. The highest BCUT2D eigenvalue weighted by Gasteiger charge is 2.27. The van der Waals surface area contributed by atoms with Crippen LogP contribution in [0.2, 0.25) is 0 Å². The lowest BCUT2D eigenvalue weighted by Crippen LogP contribution is -2.41. The number of nitrogens with one attached hydrogen (secondary N) is 1. The van der Waals surface area contributed by atoms with E-state index in [1.165, 1.54) is 0 Å². The Kier molecular flexibility index (Phi) is 4.27. The molecule has 3 heterocycles. The molecule has 0 aliphatic carbocycles. The summed E-state index contributed by atoms with van der Waals surface area (Å²) in [5.74, 6) is 1.44. The highest BCUT2D eigenvalue weighted by molar-refractivity contribution is 5.92. The Morgan fingerprint density at radius 3 is 3.00 bits per heavy atom. The van der Waals surface area contributed by atoms with Gasteiger partial charge < -0.3 is 10.2 Å². The van der Waals surface area contributed by atoms with Crippen molar-refractivity contribution in [3.63, 3.8) is 0 Å². The molecule has 1 aliphatic rings. The number of hydrogen-bond acceptors (Lipinski definition) is 5. The number of carbonyl (C=O) groups excluding carboxylic acids is 1. The predicted octanol–water partition coefficient (Wildman–Crippen LogP) is 2.04. The third kappa shape index (κ3) is 3.21. The monoisotopic (exact) mass is 297 g/mol. The van der Waals surface area contributed by atoms with Crippen molar-refractivity contribution < 1.29 is 4.79 Å². The van der Waals surface area contributed by atoms with E-state index in [9.17, 15) is 4.79 Å². The summed E-state index contributed by atoms with van der Waals surface area (Å²) in [6.07, 6.45) is 8.61. The van der Waals surface area contributed by atoms with Crippen molar-refractivity contribution in [3.05, 3.63) is 42.5 Å². The molecule has 6 heteroatoms. The van der Waals surface area contributed by atoms with E-state index in [-0.39, 0.29) is 11.8 Å². The number of aryl methyl sites for hydroxylation is 1. The molecule has 0 aromatic carbocycles. The van der Waals surface area contributed by atoms with Crippen molar-refractivity contribution in [2.24, 2.45) is 5.92 Å². The van der Waals surface area contributed by atoms with Crippen LogP contribution in [0.15, 0.2) is 36.9 Å². The summed E-state index contributed by atoms with van der Waals surface area (Å²) >= 11 is 0. The summed E-state index contributed by atoms with van der Waals surface area (Å²) in [6.45, 7) is 3.51. The molecule has 0 bridgehead atoms. The van der Waals surface area contributed by atoms with Crippen LogP contribution in [0.4, 0.5) is 11.6 Å². The maximum Gasteiger partial charge on any atom is 0.230 e. The van der Waals surface area contributed by atoms with Crippen molar-refractivity contribution in [1.82, 2.24) is 15.0 Å². The van der Waals surface area contributed by atoms with Gasteiger partial charge in [-0.15, -0.1) is 0 Å². The first-order chi connectivity index (χ1) is 10.7. The van der Waals surface area contributed by atoms with Crippen LogP contribution in [0.5, 0.6) is 0 Å². The minimum absolute atomic E-state index is 0.0235. The van der Waals surface area contributed by atoms with Crippen molar-refractivity contribution >= 4 is 17.5 Å². The number of rotatable bonds is 3. The topological polar surface area (TPSA) is 71.0 Å². The minimum Gasteiger partial charge on any atom is -0.355 e. The van der Waals surface area contributed by atoms with Crippen molar-refractivity contribution in [1.29, 1.82) is 0 Å². The van der Waals surface area contributed by atoms with E-state index >= 15 is 0 Å². The number of carbonyl (C=O) groups is 1. The summed E-state index contributed by atoms with van der Waals surface area (Å²) in [6, 6.07) is 3.80. The molecule has 1 aliphatic heterocycles. The fourth-order valence-electron chi connectivity index (χ4n) is 2.69. The maximum absolute atomic E-state index is 12.5. The molecule has 0 saturated carbocycles. The Bertz CT molecular complexity index is 646. The standard InChI is InChI=1S/C16H19N5O/c1-12-4-2-6-19-15(12)20-16(22)13-5-3-9-21(11-13)14-10-17-7-8-18-14/h2,4,6-8,10,13H,3,5,9,11H2,1H3,(H,19,20,22)/t13-/m0/s1. The molecule has 1 saturated heterocycles. The summed E-state index contributed by atoms with van der Waals surface area (Å²) in [5.41, 5.74) is 0.970. The Balaban J connectivity index is 1.67. The lowest BCUT2D eigenvalue weighted by Gasteiger charge is -2.32. The van der Waals surface area contributed by atoms with Gasteiger partial charge in [-0.25, -0.2) is 9.97 Å². The Labute approximate surface area is 129 Å². The van der Waals surface area contributed by atoms with Gasteiger partial charge in [0.2, 0.25) is 5.91 Å². The number of aromatic nitrogens is 3. The lowest BCUT2D eigenvalue weighted by atomic mass is 9.97. The molecule has 3 rings (SSSR count). The van der Waals surface area contributed by atoms with Gasteiger partial charge in [0.15, 0.2) is 0 Å². The molecule has 1 amide bonds. The molecule has 114 valence electrons. The van der Waals surface area contributed by atoms with Crippen LogP contribution < -0.4 is 10.2 Å². The summed E-state index contributed by atoms with van der Waals surface area (Å²) in [7, 11) is 0. The fraction of sp³-hybridized carbons (Fsp3) is 0.375. The Hall–Kier alpha value is -2.50. The second-order valence-corrected chi connectivity index (χ2v) is 5.51. The molecular formula is C16H19N5O. The van der Waals surface area contributed by atoms with Crippen LogP contribution in [0.25, 0.3) is 0 Å². The number of piperidine rings is 1. The van der Waals surface area contributed by atoms with Gasteiger partial charge in [0.25, 0.3) is 0 Å². The minimum atomic E-state index is -0.0582. The maximum atomic E-state index is 12.5. The zero-order valence-electron chi connectivity index (χ0n) is 12.6. The van der Waals surface area contributed by atoms with Gasteiger partial charge in [-0.2, -0.15) is 0 Å². The largest absolute Gasteiger partial charge is 0.355 e. The Morgan fingerprint density at radius 1 is 1.32 bits per heavy atom. The first-order valence-corrected chi connectivity index (χ1v) is 7.47. The van der Waals surface area contributed by atoms with Crippen molar-refractivity contribution in [2.45, 2.75) is 19.8 Å².